The molecule has 1 aliphatic heterocycles. The van der Waals surface area contributed by atoms with Crippen LogP contribution in [-0.2, 0) is 18.3 Å². The van der Waals surface area contributed by atoms with Crippen molar-refractivity contribution in [3.8, 4) is 10.6 Å². The van der Waals surface area contributed by atoms with E-state index in [0.717, 1.165) is 62.2 Å². The van der Waals surface area contributed by atoms with Crippen molar-refractivity contribution in [3.05, 3.63) is 23.5 Å². The summed E-state index contributed by atoms with van der Waals surface area (Å²) >= 11 is 1.70. The Morgan fingerprint density at radius 3 is 2.96 bits per heavy atom. The molecule has 0 bridgehead atoms. The van der Waals surface area contributed by atoms with Gasteiger partial charge in [-0.05, 0) is 13.8 Å². The number of nitrogens with zero attached hydrogens (tertiary/aromatic N) is 5. The maximum Gasteiger partial charge on any atom is 0.126 e. The van der Waals surface area contributed by atoms with Gasteiger partial charge >= 0.3 is 0 Å². The van der Waals surface area contributed by atoms with Gasteiger partial charge in [0.1, 0.15) is 5.01 Å². The Balaban J connectivity index is 1.51. The maximum atomic E-state index is 5.48. The highest BCUT2D eigenvalue weighted by atomic mass is 32.1. The van der Waals surface area contributed by atoms with Crippen LogP contribution in [0.1, 0.15) is 19.5 Å². The third-order valence-corrected chi connectivity index (χ3v) is 5.41. The van der Waals surface area contributed by atoms with E-state index < -0.39 is 0 Å². The molecule has 0 amide bonds. The molecule has 1 fully saturated rings. The molecule has 0 radical (unpaired) electrons. The van der Waals surface area contributed by atoms with E-state index in [4.69, 9.17) is 9.72 Å². The SMILES string of the molecule is CCOCCN1CCN(Cc2csc(-c3cnn(C)c3)n2)C[C@H]1C. The Morgan fingerprint density at radius 2 is 2.25 bits per heavy atom. The minimum atomic E-state index is 0.565. The van der Waals surface area contributed by atoms with Crippen LogP contribution in [0.3, 0.4) is 0 Å². The van der Waals surface area contributed by atoms with E-state index in [2.05, 4.69) is 34.1 Å². The average molecular weight is 350 g/mol. The monoisotopic (exact) mass is 349 g/mol. The highest BCUT2D eigenvalue weighted by molar-refractivity contribution is 7.13. The number of hydrogen-bond donors (Lipinski definition) is 0. The molecule has 0 N–H and O–H groups in total. The van der Waals surface area contributed by atoms with Crippen LogP contribution < -0.4 is 0 Å². The summed E-state index contributed by atoms with van der Waals surface area (Å²) in [6.07, 6.45) is 3.89. The van der Waals surface area contributed by atoms with E-state index in [1.165, 1.54) is 0 Å². The van der Waals surface area contributed by atoms with Gasteiger partial charge < -0.3 is 4.74 Å². The van der Waals surface area contributed by atoms with Gasteiger partial charge in [0.15, 0.2) is 0 Å². The molecule has 1 saturated heterocycles. The molecule has 6 nitrogen and oxygen atoms in total. The number of rotatable bonds is 7. The highest BCUT2D eigenvalue weighted by Gasteiger charge is 2.23. The van der Waals surface area contributed by atoms with Crippen LogP contribution in [0.5, 0.6) is 0 Å². The van der Waals surface area contributed by atoms with Crippen LogP contribution >= 0.6 is 11.3 Å². The van der Waals surface area contributed by atoms with Crippen molar-refractivity contribution >= 4 is 11.3 Å². The van der Waals surface area contributed by atoms with E-state index >= 15 is 0 Å². The largest absolute Gasteiger partial charge is 0.380 e. The lowest BCUT2D eigenvalue weighted by molar-refractivity contribution is 0.0463. The minimum absolute atomic E-state index is 0.565. The molecule has 0 saturated carbocycles. The smallest absolute Gasteiger partial charge is 0.126 e. The quantitative estimate of drug-likeness (QED) is 0.716. The summed E-state index contributed by atoms with van der Waals surface area (Å²) in [6.45, 7) is 11.2. The van der Waals surface area contributed by atoms with E-state index in [-0.39, 0.29) is 0 Å². The molecule has 0 aliphatic carbocycles. The van der Waals surface area contributed by atoms with E-state index in [1.54, 1.807) is 11.3 Å². The summed E-state index contributed by atoms with van der Waals surface area (Å²) in [4.78, 5) is 9.81. The van der Waals surface area contributed by atoms with Gasteiger partial charge in [-0.3, -0.25) is 14.5 Å². The summed E-state index contributed by atoms with van der Waals surface area (Å²) in [5.74, 6) is 0. The van der Waals surface area contributed by atoms with Crippen LogP contribution in [0.25, 0.3) is 10.6 Å². The van der Waals surface area contributed by atoms with Gasteiger partial charge in [0.05, 0.1) is 18.5 Å². The van der Waals surface area contributed by atoms with Crippen molar-refractivity contribution in [1.82, 2.24) is 24.6 Å². The fourth-order valence-electron chi connectivity index (χ4n) is 3.15. The molecule has 0 spiro atoms. The lowest BCUT2D eigenvalue weighted by Crippen LogP contribution is -2.52. The van der Waals surface area contributed by atoms with Gasteiger partial charge in [-0.1, -0.05) is 0 Å². The fraction of sp³-hybridized carbons (Fsp3) is 0.647. The molecule has 1 aliphatic rings. The first-order chi connectivity index (χ1) is 11.7. The van der Waals surface area contributed by atoms with E-state index in [9.17, 15) is 0 Å². The molecule has 0 unspecified atom stereocenters. The standard InChI is InChI=1S/C17H27N5OS/c1-4-23-8-7-22-6-5-21(10-14(22)2)12-16-13-24-17(19-16)15-9-18-20(3)11-15/h9,11,13-14H,4-8,10,12H2,1-3H3/t14-/m1/s1. The fourth-order valence-corrected chi connectivity index (χ4v) is 3.93. The predicted molar refractivity (Wildman–Crippen MR) is 97.1 cm³/mol. The summed E-state index contributed by atoms with van der Waals surface area (Å²) in [6, 6.07) is 0.565. The third-order valence-electron chi connectivity index (χ3n) is 4.47. The van der Waals surface area contributed by atoms with Crippen molar-refractivity contribution in [1.29, 1.82) is 0 Å². The van der Waals surface area contributed by atoms with Gasteiger partial charge in [-0.2, -0.15) is 5.10 Å². The Kier molecular flexibility index (Phi) is 5.99. The Bertz CT molecular complexity index is 640. The van der Waals surface area contributed by atoms with Crippen LogP contribution in [0.15, 0.2) is 17.8 Å². The maximum absolute atomic E-state index is 5.48. The van der Waals surface area contributed by atoms with Gasteiger partial charge in [-0.25, -0.2) is 4.98 Å². The molecular formula is C17H27N5OS. The first-order valence-corrected chi connectivity index (χ1v) is 9.51. The van der Waals surface area contributed by atoms with Crippen molar-refractivity contribution in [2.45, 2.75) is 26.4 Å². The molecule has 1 atom stereocenters. The van der Waals surface area contributed by atoms with Gasteiger partial charge in [0.25, 0.3) is 0 Å². The van der Waals surface area contributed by atoms with Gasteiger partial charge in [0.2, 0.25) is 0 Å². The number of thiazole rings is 1. The summed E-state index contributed by atoms with van der Waals surface area (Å²) in [7, 11) is 1.93. The first-order valence-electron chi connectivity index (χ1n) is 8.63. The lowest BCUT2D eigenvalue weighted by atomic mass is 10.2. The average Bonchev–Trinajstić information content (AvgIpc) is 3.18. The second-order valence-electron chi connectivity index (χ2n) is 6.36. The molecule has 24 heavy (non-hydrogen) atoms. The van der Waals surface area contributed by atoms with Gasteiger partial charge in [0, 0.05) is 69.6 Å². The molecule has 3 heterocycles. The van der Waals surface area contributed by atoms with Crippen LogP contribution in [0.2, 0.25) is 0 Å². The number of aromatic nitrogens is 3. The van der Waals surface area contributed by atoms with Crippen LogP contribution in [-0.4, -0.2) is 70.0 Å². The zero-order valence-corrected chi connectivity index (χ0v) is 15.6. The number of hydrogen-bond acceptors (Lipinski definition) is 6. The Labute approximate surface area is 148 Å². The number of piperazine rings is 1. The minimum Gasteiger partial charge on any atom is -0.380 e. The summed E-state index contributed by atoms with van der Waals surface area (Å²) in [5.41, 5.74) is 2.26. The lowest BCUT2D eigenvalue weighted by Gasteiger charge is -2.39. The Morgan fingerprint density at radius 1 is 1.38 bits per heavy atom. The predicted octanol–water partition coefficient (Wildman–Crippen LogP) is 2.09. The molecule has 132 valence electrons. The first kappa shape index (κ1) is 17.5. The number of ether oxygens (including phenoxy) is 1. The number of aryl methyl sites for hydroxylation is 1. The summed E-state index contributed by atoms with van der Waals surface area (Å²) in [5, 5.41) is 7.46. The van der Waals surface area contributed by atoms with E-state index in [0.29, 0.717) is 6.04 Å². The normalized spacial score (nSPS) is 19.9. The van der Waals surface area contributed by atoms with Crippen LogP contribution in [0, 0.1) is 0 Å². The molecule has 7 heteroatoms. The Hall–Kier alpha value is -1.28. The van der Waals surface area contributed by atoms with Crippen molar-refractivity contribution in [2.75, 3.05) is 39.4 Å². The molecule has 2 aromatic heterocycles. The van der Waals surface area contributed by atoms with Crippen molar-refractivity contribution < 1.29 is 4.74 Å². The molecule has 3 rings (SSSR count). The molecular weight excluding hydrogens is 322 g/mol. The van der Waals surface area contributed by atoms with E-state index in [1.807, 2.05) is 24.1 Å². The van der Waals surface area contributed by atoms with Gasteiger partial charge in [-0.15, -0.1) is 11.3 Å². The third kappa shape index (κ3) is 4.42. The van der Waals surface area contributed by atoms with Crippen LogP contribution in [0.4, 0.5) is 0 Å². The van der Waals surface area contributed by atoms with Crippen molar-refractivity contribution in [3.63, 3.8) is 0 Å². The molecule has 2 aromatic rings. The topological polar surface area (TPSA) is 46.4 Å². The zero-order valence-electron chi connectivity index (χ0n) is 14.8. The molecule has 0 aromatic carbocycles. The van der Waals surface area contributed by atoms with Crippen molar-refractivity contribution in [2.24, 2.45) is 7.05 Å². The second kappa shape index (κ2) is 8.20. The second-order valence-corrected chi connectivity index (χ2v) is 7.22. The summed E-state index contributed by atoms with van der Waals surface area (Å²) < 4.78 is 7.30. The zero-order chi connectivity index (χ0) is 16.9. The highest BCUT2D eigenvalue weighted by Crippen LogP contribution is 2.24.